The molecule has 1 unspecified atom stereocenters. The van der Waals surface area contributed by atoms with Crippen molar-refractivity contribution in [1.29, 1.82) is 0 Å². The van der Waals surface area contributed by atoms with Gasteiger partial charge in [-0.25, -0.2) is 4.79 Å². The number of hydrogen-bond donors (Lipinski definition) is 2. The van der Waals surface area contributed by atoms with Crippen LogP contribution in [-0.2, 0) is 22.6 Å². The molecule has 35 heavy (non-hydrogen) atoms. The highest BCUT2D eigenvalue weighted by Crippen LogP contribution is 2.24. The lowest BCUT2D eigenvalue weighted by molar-refractivity contribution is -0.138. The molecule has 4 aromatic rings. The molecule has 1 aliphatic heterocycles. The van der Waals surface area contributed by atoms with Gasteiger partial charge in [0.2, 0.25) is 11.8 Å². The van der Waals surface area contributed by atoms with Crippen LogP contribution >= 0.6 is 11.3 Å². The van der Waals surface area contributed by atoms with Gasteiger partial charge in [0.15, 0.2) is 0 Å². The summed E-state index contributed by atoms with van der Waals surface area (Å²) < 4.78 is 5.71. The van der Waals surface area contributed by atoms with E-state index in [-0.39, 0.29) is 19.0 Å². The number of nitrogens with one attached hydrogen (secondary N) is 2. The van der Waals surface area contributed by atoms with Crippen LogP contribution in [0.2, 0.25) is 0 Å². The lowest BCUT2D eigenvalue weighted by Gasteiger charge is -2.22. The van der Waals surface area contributed by atoms with E-state index in [0.717, 1.165) is 26.2 Å². The molecular weight excluding hydrogens is 468 g/mol. The number of amides is 4. The van der Waals surface area contributed by atoms with Crippen LogP contribution in [0.3, 0.4) is 0 Å². The van der Waals surface area contributed by atoms with Gasteiger partial charge in [0.25, 0.3) is 11.8 Å². The van der Waals surface area contributed by atoms with E-state index in [1.165, 1.54) is 16.2 Å². The molecule has 0 radical (unpaired) electrons. The molecule has 0 aliphatic carbocycles. The number of para-hydroxylation sites is 1. The Hall–Kier alpha value is -3.99. The van der Waals surface area contributed by atoms with Gasteiger partial charge in [-0.15, -0.1) is 21.5 Å². The van der Waals surface area contributed by atoms with Gasteiger partial charge in [0, 0.05) is 30.1 Å². The third-order valence-corrected chi connectivity index (χ3v) is 6.73. The van der Waals surface area contributed by atoms with Gasteiger partial charge < -0.3 is 19.6 Å². The van der Waals surface area contributed by atoms with Gasteiger partial charge in [0.1, 0.15) is 12.6 Å². The second kappa shape index (κ2) is 9.71. The lowest BCUT2D eigenvalue weighted by Crippen LogP contribution is -2.43. The fraction of sp³-hybridized carbons (Fsp3) is 0.292. The minimum absolute atomic E-state index is 0.105. The van der Waals surface area contributed by atoms with Crippen molar-refractivity contribution in [3.05, 3.63) is 59.4 Å². The van der Waals surface area contributed by atoms with Crippen LogP contribution < -0.4 is 5.32 Å². The summed E-state index contributed by atoms with van der Waals surface area (Å²) in [6.07, 6.45) is 2.88. The van der Waals surface area contributed by atoms with Crippen molar-refractivity contribution >= 4 is 40.1 Å². The van der Waals surface area contributed by atoms with E-state index in [1.807, 2.05) is 54.9 Å². The van der Waals surface area contributed by atoms with E-state index >= 15 is 0 Å². The number of benzene rings is 1. The number of fused-ring (bicyclic) bond motifs is 1. The highest BCUT2D eigenvalue weighted by Gasteiger charge is 2.40. The number of imide groups is 1. The summed E-state index contributed by atoms with van der Waals surface area (Å²) in [4.78, 5) is 45.2. The van der Waals surface area contributed by atoms with E-state index in [0.29, 0.717) is 31.2 Å². The largest absolute Gasteiger partial charge is 0.418 e. The summed E-state index contributed by atoms with van der Waals surface area (Å²) >= 11 is 1.48. The molecule has 180 valence electrons. The van der Waals surface area contributed by atoms with Crippen molar-refractivity contribution in [2.45, 2.75) is 32.4 Å². The SMILES string of the molecule is CCCN(Cc1nnc(-c2cccs2)o1)C(=O)CN1C(=O)NC(Cc2c[nH]c3ccccc23)C1=O. The summed E-state index contributed by atoms with van der Waals surface area (Å²) in [6.45, 7) is 2.13. The Bertz CT molecular complexity index is 1360. The smallest absolute Gasteiger partial charge is 0.325 e. The van der Waals surface area contributed by atoms with Crippen molar-refractivity contribution in [2.24, 2.45) is 0 Å². The molecule has 1 atom stereocenters. The molecule has 0 bridgehead atoms. The van der Waals surface area contributed by atoms with Crippen molar-refractivity contribution < 1.29 is 18.8 Å². The first-order valence-electron chi connectivity index (χ1n) is 11.3. The topological polar surface area (TPSA) is 124 Å². The second-order valence-corrected chi connectivity index (χ2v) is 9.23. The van der Waals surface area contributed by atoms with Crippen LogP contribution in [0.15, 0.2) is 52.4 Å². The molecule has 0 spiro atoms. The Morgan fingerprint density at radius 1 is 1.20 bits per heavy atom. The van der Waals surface area contributed by atoms with Crippen LogP contribution in [0.1, 0.15) is 24.8 Å². The average molecular weight is 493 g/mol. The van der Waals surface area contributed by atoms with Crippen molar-refractivity contribution in [3.8, 4) is 10.8 Å². The van der Waals surface area contributed by atoms with Crippen molar-refractivity contribution in [1.82, 2.24) is 30.3 Å². The zero-order valence-corrected chi connectivity index (χ0v) is 19.9. The number of carbonyl (C=O) groups excluding carboxylic acids is 3. The Balaban J connectivity index is 1.25. The number of carbonyl (C=O) groups is 3. The number of aromatic nitrogens is 3. The number of nitrogens with zero attached hydrogens (tertiary/aromatic N) is 4. The molecule has 1 aromatic carbocycles. The number of urea groups is 1. The molecule has 2 N–H and O–H groups in total. The fourth-order valence-electron chi connectivity index (χ4n) is 4.16. The molecular formula is C24H24N6O4S. The normalized spacial score (nSPS) is 15.7. The summed E-state index contributed by atoms with van der Waals surface area (Å²) in [5.74, 6) is -0.0837. The predicted molar refractivity (Wildman–Crippen MR) is 129 cm³/mol. The second-order valence-electron chi connectivity index (χ2n) is 8.28. The van der Waals surface area contributed by atoms with E-state index < -0.39 is 18.0 Å². The number of rotatable bonds is 9. The number of hydrogen-bond acceptors (Lipinski definition) is 7. The average Bonchev–Trinajstić information content (AvgIpc) is 3.65. The van der Waals surface area contributed by atoms with Crippen LogP contribution in [-0.4, -0.2) is 62.0 Å². The van der Waals surface area contributed by atoms with Gasteiger partial charge in [-0.2, -0.15) is 0 Å². The molecule has 5 rings (SSSR count). The predicted octanol–water partition coefficient (Wildman–Crippen LogP) is 3.18. The lowest BCUT2D eigenvalue weighted by atomic mass is 10.1. The van der Waals surface area contributed by atoms with Gasteiger partial charge in [-0.3, -0.25) is 14.5 Å². The van der Waals surface area contributed by atoms with Gasteiger partial charge in [-0.1, -0.05) is 31.2 Å². The maximum atomic E-state index is 13.1. The number of thiophene rings is 1. The van der Waals surface area contributed by atoms with Crippen LogP contribution in [0.25, 0.3) is 21.7 Å². The van der Waals surface area contributed by atoms with E-state index in [1.54, 1.807) is 0 Å². The Morgan fingerprint density at radius 2 is 2.06 bits per heavy atom. The first-order valence-corrected chi connectivity index (χ1v) is 12.2. The molecule has 1 fully saturated rings. The third kappa shape index (κ3) is 4.67. The molecule has 4 heterocycles. The first kappa shape index (κ1) is 22.8. The van der Waals surface area contributed by atoms with Crippen LogP contribution in [0.4, 0.5) is 4.79 Å². The maximum absolute atomic E-state index is 13.1. The summed E-state index contributed by atoms with van der Waals surface area (Å²) in [5.41, 5.74) is 1.89. The summed E-state index contributed by atoms with van der Waals surface area (Å²) in [7, 11) is 0. The Morgan fingerprint density at radius 3 is 2.86 bits per heavy atom. The van der Waals surface area contributed by atoms with Gasteiger partial charge >= 0.3 is 6.03 Å². The minimum Gasteiger partial charge on any atom is -0.418 e. The Kier molecular flexibility index (Phi) is 6.32. The fourth-order valence-corrected chi connectivity index (χ4v) is 4.81. The van der Waals surface area contributed by atoms with Crippen molar-refractivity contribution in [2.75, 3.05) is 13.1 Å². The molecule has 10 nitrogen and oxygen atoms in total. The summed E-state index contributed by atoms with van der Waals surface area (Å²) in [5, 5.41) is 13.7. The quantitative estimate of drug-likeness (QED) is 0.346. The molecule has 1 saturated heterocycles. The molecule has 11 heteroatoms. The first-order chi connectivity index (χ1) is 17.0. The molecule has 1 aliphatic rings. The van der Waals surface area contributed by atoms with Gasteiger partial charge in [-0.05, 0) is 29.5 Å². The molecule has 4 amide bonds. The highest BCUT2D eigenvalue weighted by atomic mass is 32.1. The zero-order valence-electron chi connectivity index (χ0n) is 19.1. The summed E-state index contributed by atoms with van der Waals surface area (Å²) in [6, 6.07) is 10.2. The molecule has 0 saturated carbocycles. The van der Waals surface area contributed by atoms with Crippen LogP contribution in [0, 0.1) is 0 Å². The van der Waals surface area contributed by atoms with E-state index in [9.17, 15) is 14.4 Å². The Labute approximate surface area is 204 Å². The van der Waals surface area contributed by atoms with E-state index in [2.05, 4.69) is 20.5 Å². The van der Waals surface area contributed by atoms with Crippen molar-refractivity contribution in [3.63, 3.8) is 0 Å². The highest BCUT2D eigenvalue weighted by molar-refractivity contribution is 7.13. The zero-order chi connectivity index (χ0) is 24.4. The monoisotopic (exact) mass is 492 g/mol. The third-order valence-electron chi connectivity index (χ3n) is 5.87. The molecule has 3 aromatic heterocycles. The standard InChI is InChI=1S/C24H24N6O4S/c1-2-9-29(13-20-27-28-22(34-20)19-8-5-10-35-19)21(31)14-30-23(32)18(26-24(30)33)11-15-12-25-17-7-4-3-6-16(15)17/h3-8,10,12,18,25H,2,9,11,13-14H2,1H3,(H,26,33). The minimum atomic E-state index is -0.724. The van der Waals surface area contributed by atoms with Crippen LogP contribution in [0.5, 0.6) is 0 Å². The van der Waals surface area contributed by atoms with Gasteiger partial charge in [0.05, 0.1) is 11.4 Å². The number of H-pyrrole nitrogens is 1. The van der Waals surface area contributed by atoms with E-state index in [4.69, 9.17) is 4.42 Å². The number of aromatic amines is 1. The maximum Gasteiger partial charge on any atom is 0.325 e.